The Morgan fingerprint density at radius 3 is 2.67 bits per heavy atom. The van der Waals surface area contributed by atoms with Crippen molar-refractivity contribution in [3.05, 3.63) is 35.6 Å². The molecule has 0 spiro atoms. The average Bonchev–Trinajstić information content (AvgIpc) is 2.71. The Balaban J connectivity index is 1.98. The monoisotopic (exact) mass is 292 g/mol. The molecule has 1 heterocycles. The quantitative estimate of drug-likeness (QED) is 0.887. The Bertz CT molecular complexity index is 433. The van der Waals surface area contributed by atoms with E-state index < -0.39 is 0 Å². The van der Waals surface area contributed by atoms with E-state index in [1.165, 1.54) is 19.3 Å². The number of benzene rings is 1. The Morgan fingerprint density at radius 2 is 2.00 bits per heavy atom. The predicted octanol–water partition coefficient (Wildman–Crippen LogP) is 3.84. The van der Waals surface area contributed by atoms with Crippen molar-refractivity contribution in [1.82, 2.24) is 10.2 Å². The molecule has 1 aromatic carbocycles. The zero-order chi connectivity index (χ0) is 15.2. The first-order valence-corrected chi connectivity index (χ1v) is 8.26. The van der Waals surface area contributed by atoms with Gasteiger partial charge in [-0.2, -0.15) is 0 Å². The fraction of sp³-hybridized carbons (Fsp3) is 0.667. The van der Waals surface area contributed by atoms with Crippen LogP contribution >= 0.6 is 0 Å². The van der Waals surface area contributed by atoms with E-state index in [1.807, 2.05) is 19.2 Å². The smallest absolute Gasteiger partial charge is 0.128 e. The number of likely N-dealkylation sites (tertiary alicyclic amines) is 1. The Hall–Kier alpha value is -0.930. The molecule has 0 aromatic heterocycles. The van der Waals surface area contributed by atoms with Crippen LogP contribution in [-0.4, -0.2) is 31.6 Å². The number of hydrogen-bond donors (Lipinski definition) is 1. The first kappa shape index (κ1) is 16.4. The highest BCUT2D eigenvalue weighted by molar-refractivity contribution is 5.21. The summed E-state index contributed by atoms with van der Waals surface area (Å²) in [5.41, 5.74) is 0.782. The molecule has 1 aromatic rings. The van der Waals surface area contributed by atoms with Crippen LogP contribution in [0.2, 0.25) is 0 Å². The van der Waals surface area contributed by atoms with Crippen LogP contribution in [-0.2, 0) is 0 Å². The number of rotatable bonds is 5. The highest BCUT2D eigenvalue weighted by Crippen LogP contribution is 2.26. The molecule has 3 heteroatoms. The summed E-state index contributed by atoms with van der Waals surface area (Å²) in [4.78, 5) is 2.50. The summed E-state index contributed by atoms with van der Waals surface area (Å²) < 4.78 is 14.0. The van der Waals surface area contributed by atoms with Gasteiger partial charge in [0.05, 0.1) is 0 Å². The number of likely N-dealkylation sites (N-methyl/N-ethyl adjacent to an activating group) is 1. The van der Waals surface area contributed by atoms with Crippen molar-refractivity contribution in [2.24, 2.45) is 11.8 Å². The molecule has 0 saturated carbocycles. The fourth-order valence-corrected chi connectivity index (χ4v) is 3.39. The van der Waals surface area contributed by atoms with Gasteiger partial charge in [0.2, 0.25) is 0 Å². The number of nitrogens with zero attached hydrogens (tertiary/aromatic N) is 1. The molecule has 0 radical (unpaired) electrons. The summed E-state index contributed by atoms with van der Waals surface area (Å²) in [7, 11) is 1.92. The molecule has 1 fully saturated rings. The molecule has 0 amide bonds. The first-order chi connectivity index (χ1) is 10.1. The maximum Gasteiger partial charge on any atom is 0.128 e. The zero-order valence-electron chi connectivity index (χ0n) is 13.6. The zero-order valence-corrected chi connectivity index (χ0v) is 13.6. The molecule has 1 saturated heterocycles. The van der Waals surface area contributed by atoms with Crippen LogP contribution < -0.4 is 5.32 Å². The van der Waals surface area contributed by atoms with Crippen LogP contribution in [0.4, 0.5) is 4.39 Å². The lowest BCUT2D eigenvalue weighted by Crippen LogP contribution is -2.35. The van der Waals surface area contributed by atoms with Gasteiger partial charge in [-0.1, -0.05) is 32.0 Å². The van der Waals surface area contributed by atoms with Crippen LogP contribution in [0.3, 0.4) is 0 Å². The summed E-state index contributed by atoms with van der Waals surface area (Å²) in [5.74, 6) is 1.51. The van der Waals surface area contributed by atoms with Crippen molar-refractivity contribution in [2.45, 2.75) is 39.2 Å². The van der Waals surface area contributed by atoms with Gasteiger partial charge in [-0.05, 0) is 57.3 Å². The van der Waals surface area contributed by atoms with Gasteiger partial charge < -0.3 is 10.2 Å². The van der Waals surface area contributed by atoms with Crippen LogP contribution in [0.1, 0.15) is 44.7 Å². The topological polar surface area (TPSA) is 15.3 Å². The molecule has 0 aliphatic carbocycles. The second-order valence-electron chi connectivity index (χ2n) is 6.60. The number of halogens is 1. The summed E-state index contributed by atoms with van der Waals surface area (Å²) in [6.07, 6.45) is 3.86. The predicted molar refractivity (Wildman–Crippen MR) is 86.8 cm³/mol. The molecular formula is C18H29FN2. The van der Waals surface area contributed by atoms with Crippen LogP contribution in [0.25, 0.3) is 0 Å². The SMILES string of the molecule is CNC(CN1CCCC(C(C)C)CC1)c1ccccc1F. The van der Waals surface area contributed by atoms with Crippen molar-refractivity contribution in [3.63, 3.8) is 0 Å². The highest BCUT2D eigenvalue weighted by atomic mass is 19.1. The normalized spacial score (nSPS) is 22.2. The third-order valence-corrected chi connectivity index (χ3v) is 4.88. The molecule has 118 valence electrons. The summed E-state index contributed by atoms with van der Waals surface area (Å²) in [6.45, 7) is 7.82. The summed E-state index contributed by atoms with van der Waals surface area (Å²) in [5, 5.41) is 3.28. The molecule has 2 nitrogen and oxygen atoms in total. The third kappa shape index (κ3) is 4.52. The van der Waals surface area contributed by atoms with Gasteiger partial charge in [-0.3, -0.25) is 0 Å². The first-order valence-electron chi connectivity index (χ1n) is 8.26. The average molecular weight is 292 g/mol. The molecule has 2 rings (SSSR count). The number of nitrogens with one attached hydrogen (secondary N) is 1. The van der Waals surface area contributed by atoms with Crippen molar-refractivity contribution in [2.75, 3.05) is 26.7 Å². The second-order valence-corrected chi connectivity index (χ2v) is 6.60. The minimum atomic E-state index is -0.105. The molecule has 0 bridgehead atoms. The molecular weight excluding hydrogens is 263 g/mol. The van der Waals surface area contributed by atoms with E-state index in [4.69, 9.17) is 0 Å². The standard InChI is InChI=1S/C18H29FN2/c1-14(2)15-7-6-11-21(12-10-15)13-18(20-3)16-8-4-5-9-17(16)19/h4-5,8-9,14-15,18,20H,6-7,10-13H2,1-3H3. The summed E-state index contributed by atoms with van der Waals surface area (Å²) >= 11 is 0. The van der Waals surface area contributed by atoms with E-state index in [9.17, 15) is 4.39 Å². The summed E-state index contributed by atoms with van der Waals surface area (Å²) in [6, 6.07) is 7.19. The maximum absolute atomic E-state index is 14.0. The molecule has 1 N–H and O–H groups in total. The lowest BCUT2D eigenvalue weighted by Gasteiger charge is -2.27. The molecule has 2 atom stereocenters. The van der Waals surface area contributed by atoms with E-state index in [2.05, 4.69) is 24.1 Å². The van der Waals surface area contributed by atoms with Gasteiger partial charge in [0, 0.05) is 18.2 Å². The van der Waals surface area contributed by atoms with Crippen molar-refractivity contribution in [1.29, 1.82) is 0 Å². The van der Waals surface area contributed by atoms with Gasteiger partial charge in [-0.15, -0.1) is 0 Å². The van der Waals surface area contributed by atoms with Crippen LogP contribution in [0, 0.1) is 17.7 Å². The maximum atomic E-state index is 14.0. The van der Waals surface area contributed by atoms with E-state index in [0.29, 0.717) is 0 Å². The van der Waals surface area contributed by atoms with E-state index in [1.54, 1.807) is 12.1 Å². The van der Waals surface area contributed by atoms with Crippen LogP contribution in [0.5, 0.6) is 0 Å². The lowest BCUT2D eigenvalue weighted by atomic mass is 9.89. The van der Waals surface area contributed by atoms with Gasteiger partial charge in [0.1, 0.15) is 5.82 Å². The lowest BCUT2D eigenvalue weighted by molar-refractivity contribution is 0.245. The second kappa shape index (κ2) is 7.90. The van der Waals surface area contributed by atoms with Crippen LogP contribution in [0.15, 0.2) is 24.3 Å². The van der Waals surface area contributed by atoms with E-state index in [-0.39, 0.29) is 11.9 Å². The van der Waals surface area contributed by atoms with Gasteiger partial charge in [0.25, 0.3) is 0 Å². The Kier molecular flexibility index (Phi) is 6.19. The van der Waals surface area contributed by atoms with Gasteiger partial charge >= 0.3 is 0 Å². The van der Waals surface area contributed by atoms with Gasteiger partial charge in [0.15, 0.2) is 0 Å². The minimum absolute atomic E-state index is 0.0711. The fourth-order valence-electron chi connectivity index (χ4n) is 3.39. The van der Waals surface area contributed by atoms with Crippen molar-refractivity contribution < 1.29 is 4.39 Å². The van der Waals surface area contributed by atoms with Crippen molar-refractivity contribution in [3.8, 4) is 0 Å². The molecule has 2 unspecified atom stereocenters. The largest absolute Gasteiger partial charge is 0.312 e. The van der Waals surface area contributed by atoms with E-state index in [0.717, 1.165) is 37.0 Å². The third-order valence-electron chi connectivity index (χ3n) is 4.88. The molecule has 21 heavy (non-hydrogen) atoms. The minimum Gasteiger partial charge on any atom is -0.312 e. The van der Waals surface area contributed by atoms with Gasteiger partial charge in [-0.25, -0.2) is 4.39 Å². The highest BCUT2D eigenvalue weighted by Gasteiger charge is 2.22. The molecule has 1 aliphatic rings. The Morgan fingerprint density at radius 1 is 1.24 bits per heavy atom. The van der Waals surface area contributed by atoms with Crippen molar-refractivity contribution >= 4 is 0 Å². The molecule has 1 aliphatic heterocycles. The number of hydrogen-bond acceptors (Lipinski definition) is 2. The Labute approximate surface area is 128 Å². The van der Waals surface area contributed by atoms with E-state index >= 15 is 0 Å².